The summed E-state index contributed by atoms with van der Waals surface area (Å²) in [5.74, 6) is 0. The third-order valence-electron chi connectivity index (χ3n) is 3.62. The monoisotopic (exact) mass is 236 g/mol. The van der Waals surface area contributed by atoms with Gasteiger partial charge in [0.2, 0.25) is 0 Å². The molecule has 0 aromatic carbocycles. The molecule has 1 heterocycles. The lowest BCUT2D eigenvalue weighted by Crippen LogP contribution is -2.22. The van der Waals surface area contributed by atoms with E-state index >= 15 is 0 Å². The van der Waals surface area contributed by atoms with Crippen molar-refractivity contribution in [2.75, 3.05) is 20.3 Å². The Labute approximate surface area is 104 Å². The number of ether oxygens (including phenoxy) is 1. The Bertz CT molecular complexity index is 316. The fourth-order valence-electron chi connectivity index (χ4n) is 2.68. The van der Waals surface area contributed by atoms with Crippen LogP contribution in [0.3, 0.4) is 0 Å². The molecule has 17 heavy (non-hydrogen) atoms. The van der Waals surface area contributed by atoms with E-state index in [1.807, 2.05) is 0 Å². The van der Waals surface area contributed by atoms with Gasteiger partial charge >= 0.3 is 0 Å². The largest absolute Gasteiger partial charge is 0.383 e. The molecule has 1 N–H and O–H groups in total. The third-order valence-corrected chi connectivity index (χ3v) is 3.62. The lowest BCUT2D eigenvalue weighted by Gasteiger charge is -2.25. The minimum Gasteiger partial charge on any atom is -0.383 e. The third kappa shape index (κ3) is 3.58. The number of nitrogens with zero attached hydrogens (tertiary/aromatic N) is 1. The number of nitrogens with one attached hydrogen (secondary N) is 1. The molecule has 0 spiro atoms. The molecule has 1 fully saturated rings. The summed E-state index contributed by atoms with van der Waals surface area (Å²) in [5.41, 5.74) is 1.41. The number of aromatic nitrogens is 1. The molecule has 2 rings (SSSR count). The average molecular weight is 236 g/mol. The Balaban J connectivity index is 1.87. The lowest BCUT2D eigenvalue weighted by molar-refractivity contribution is 0.198. The summed E-state index contributed by atoms with van der Waals surface area (Å²) in [7, 11) is 1.74. The highest BCUT2D eigenvalue weighted by Gasteiger charge is 2.16. The summed E-state index contributed by atoms with van der Waals surface area (Å²) in [4.78, 5) is 0. The van der Waals surface area contributed by atoms with Gasteiger partial charge in [-0.05, 0) is 25.0 Å². The van der Waals surface area contributed by atoms with Crippen LogP contribution >= 0.6 is 0 Å². The van der Waals surface area contributed by atoms with Gasteiger partial charge in [-0.2, -0.15) is 0 Å². The molecule has 0 radical (unpaired) electrons. The zero-order valence-corrected chi connectivity index (χ0v) is 10.8. The first kappa shape index (κ1) is 12.7. The maximum absolute atomic E-state index is 5.04. The van der Waals surface area contributed by atoms with E-state index in [0.717, 1.165) is 25.7 Å². The van der Waals surface area contributed by atoms with Crippen molar-refractivity contribution in [1.82, 2.24) is 9.88 Å². The normalized spacial score (nSPS) is 17.5. The van der Waals surface area contributed by atoms with Crippen LogP contribution < -0.4 is 5.32 Å². The Morgan fingerprint density at radius 1 is 1.35 bits per heavy atom. The highest BCUT2D eigenvalue weighted by Crippen LogP contribution is 2.29. The Morgan fingerprint density at radius 3 is 2.94 bits per heavy atom. The molecule has 3 nitrogen and oxygen atoms in total. The second-order valence-corrected chi connectivity index (χ2v) is 4.87. The van der Waals surface area contributed by atoms with Gasteiger partial charge in [-0.15, -0.1) is 0 Å². The maximum Gasteiger partial charge on any atom is 0.0587 e. The first-order chi connectivity index (χ1) is 8.42. The first-order valence-corrected chi connectivity index (χ1v) is 6.77. The maximum atomic E-state index is 5.04. The minimum absolute atomic E-state index is 0.734. The highest BCUT2D eigenvalue weighted by atomic mass is 16.5. The van der Waals surface area contributed by atoms with Gasteiger partial charge in [-0.3, -0.25) is 0 Å². The van der Waals surface area contributed by atoms with Crippen LogP contribution in [-0.4, -0.2) is 24.8 Å². The molecule has 0 atom stereocenters. The molecule has 0 bridgehead atoms. The molecule has 1 saturated carbocycles. The van der Waals surface area contributed by atoms with Crippen molar-refractivity contribution in [3.8, 4) is 0 Å². The predicted molar refractivity (Wildman–Crippen MR) is 70.1 cm³/mol. The van der Waals surface area contributed by atoms with E-state index in [1.54, 1.807) is 7.11 Å². The molecular weight excluding hydrogens is 212 g/mol. The fourth-order valence-corrected chi connectivity index (χ4v) is 2.68. The Kier molecular flexibility index (Phi) is 5.08. The van der Waals surface area contributed by atoms with Gasteiger partial charge < -0.3 is 14.6 Å². The Morgan fingerprint density at radius 2 is 2.18 bits per heavy atom. The zero-order chi connectivity index (χ0) is 11.9. The van der Waals surface area contributed by atoms with E-state index in [-0.39, 0.29) is 0 Å². The second-order valence-electron chi connectivity index (χ2n) is 4.87. The Hall–Kier alpha value is -0.800. The molecule has 1 aliphatic carbocycles. The quantitative estimate of drug-likeness (QED) is 0.769. The van der Waals surface area contributed by atoms with E-state index in [1.165, 1.54) is 37.8 Å². The molecule has 0 saturated heterocycles. The van der Waals surface area contributed by atoms with Crippen LogP contribution in [0.4, 0.5) is 0 Å². The summed E-state index contributed by atoms with van der Waals surface area (Å²) < 4.78 is 7.51. The molecule has 0 aliphatic heterocycles. The van der Waals surface area contributed by atoms with E-state index in [9.17, 15) is 0 Å². The average Bonchev–Trinajstić information content (AvgIpc) is 2.84. The molecule has 1 aromatic heterocycles. The summed E-state index contributed by atoms with van der Waals surface area (Å²) in [6.45, 7) is 2.66. The van der Waals surface area contributed by atoms with Gasteiger partial charge in [0, 0.05) is 38.1 Å². The summed E-state index contributed by atoms with van der Waals surface area (Å²) >= 11 is 0. The summed E-state index contributed by atoms with van der Waals surface area (Å²) in [6.07, 6.45) is 9.13. The van der Waals surface area contributed by atoms with Gasteiger partial charge in [-0.25, -0.2) is 0 Å². The zero-order valence-electron chi connectivity index (χ0n) is 10.8. The van der Waals surface area contributed by atoms with Gasteiger partial charge in [0.15, 0.2) is 0 Å². The molecule has 3 heteroatoms. The number of methoxy groups -OCH3 is 1. The summed E-state index contributed by atoms with van der Waals surface area (Å²) in [5, 5.41) is 3.42. The van der Waals surface area contributed by atoms with E-state index < -0.39 is 0 Å². The van der Waals surface area contributed by atoms with Crippen LogP contribution in [0.15, 0.2) is 18.3 Å². The fraction of sp³-hybridized carbons (Fsp3) is 0.714. The predicted octanol–water partition coefficient (Wildman–Crippen LogP) is 2.73. The molecule has 0 amide bonds. The molecule has 96 valence electrons. The van der Waals surface area contributed by atoms with Crippen molar-refractivity contribution in [1.29, 1.82) is 0 Å². The number of hydrogen-bond donors (Lipinski definition) is 1. The topological polar surface area (TPSA) is 26.2 Å². The smallest absolute Gasteiger partial charge is 0.0587 e. The van der Waals surface area contributed by atoms with Crippen molar-refractivity contribution in [2.45, 2.75) is 44.7 Å². The lowest BCUT2D eigenvalue weighted by atomic mass is 9.95. The van der Waals surface area contributed by atoms with Crippen LogP contribution in [-0.2, 0) is 11.3 Å². The van der Waals surface area contributed by atoms with Crippen LogP contribution in [0.1, 0.15) is 43.8 Å². The van der Waals surface area contributed by atoms with E-state index in [0.29, 0.717) is 0 Å². The SMILES string of the molecule is COCCNCc1cccn1C1CCCCC1. The first-order valence-electron chi connectivity index (χ1n) is 6.77. The minimum atomic E-state index is 0.734. The van der Waals surface area contributed by atoms with Crippen LogP contribution in [0.25, 0.3) is 0 Å². The number of rotatable bonds is 6. The highest BCUT2D eigenvalue weighted by molar-refractivity contribution is 5.08. The van der Waals surface area contributed by atoms with E-state index in [4.69, 9.17) is 4.74 Å². The van der Waals surface area contributed by atoms with Crippen molar-refractivity contribution < 1.29 is 4.74 Å². The van der Waals surface area contributed by atoms with Crippen molar-refractivity contribution in [3.05, 3.63) is 24.0 Å². The van der Waals surface area contributed by atoms with Gasteiger partial charge in [0.25, 0.3) is 0 Å². The molecule has 1 aromatic rings. The molecule has 1 aliphatic rings. The van der Waals surface area contributed by atoms with Crippen molar-refractivity contribution in [2.24, 2.45) is 0 Å². The standard InChI is InChI=1S/C14H24N2O/c1-17-11-9-15-12-14-8-5-10-16(14)13-6-3-2-4-7-13/h5,8,10,13,15H,2-4,6-7,9,11-12H2,1H3. The second kappa shape index (κ2) is 6.82. The van der Waals surface area contributed by atoms with Gasteiger partial charge in [-0.1, -0.05) is 19.3 Å². The van der Waals surface area contributed by atoms with E-state index in [2.05, 4.69) is 28.2 Å². The molecular formula is C14H24N2O. The van der Waals surface area contributed by atoms with Crippen LogP contribution in [0, 0.1) is 0 Å². The number of hydrogen-bond acceptors (Lipinski definition) is 2. The summed E-state index contributed by atoms with van der Waals surface area (Å²) in [6, 6.07) is 5.13. The van der Waals surface area contributed by atoms with Crippen molar-refractivity contribution in [3.63, 3.8) is 0 Å². The molecule has 0 unspecified atom stereocenters. The van der Waals surface area contributed by atoms with Crippen molar-refractivity contribution >= 4 is 0 Å². The van der Waals surface area contributed by atoms with Crippen LogP contribution in [0.2, 0.25) is 0 Å². The van der Waals surface area contributed by atoms with Crippen LogP contribution in [0.5, 0.6) is 0 Å². The van der Waals surface area contributed by atoms with Gasteiger partial charge in [0.05, 0.1) is 6.61 Å². The van der Waals surface area contributed by atoms with Gasteiger partial charge in [0.1, 0.15) is 0 Å².